The Hall–Kier alpha value is -2.34. The third-order valence-electron chi connectivity index (χ3n) is 3.04. The maximum absolute atomic E-state index is 14.0. The minimum atomic E-state index is -0.960. The van der Waals surface area contributed by atoms with Crippen LogP contribution in [0.15, 0.2) is 36.7 Å². The summed E-state index contributed by atoms with van der Waals surface area (Å²) in [7, 11) is 0. The lowest BCUT2D eigenvalue weighted by atomic mass is 10.2. The molecular weight excluding hydrogens is 264 g/mol. The number of hydrogen-bond donors (Lipinski definition) is 1. The lowest BCUT2D eigenvalue weighted by molar-refractivity contribution is 0.278. The molecule has 2 heterocycles. The number of rotatable bonds is 3. The van der Waals surface area contributed by atoms with E-state index in [1.165, 1.54) is 10.6 Å². The summed E-state index contributed by atoms with van der Waals surface area (Å²) < 4.78 is 28.8. The Morgan fingerprint density at radius 3 is 2.75 bits per heavy atom. The number of hydrogen-bond acceptors (Lipinski definition) is 3. The highest BCUT2D eigenvalue weighted by atomic mass is 19.2. The van der Waals surface area contributed by atoms with E-state index in [1.54, 1.807) is 24.5 Å². The monoisotopic (exact) mass is 275 g/mol. The first-order valence-corrected chi connectivity index (χ1v) is 6.08. The van der Waals surface area contributed by atoms with E-state index < -0.39 is 11.6 Å². The third-order valence-corrected chi connectivity index (χ3v) is 3.04. The van der Waals surface area contributed by atoms with Gasteiger partial charge in [0.15, 0.2) is 11.6 Å². The first-order chi connectivity index (χ1) is 9.72. The molecule has 0 saturated heterocycles. The Balaban J connectivity index is 2.33. The molecular formula is C14H11F2N3O. The van der Waals surface area contributed by atoms with Crippen molar-refractivity contribution in [1.29, 1.82) is 0 Å². The molecule has 0 bridgehead atoms. The molecule has 6 heteroatoms. The van der Waals surface area contributed by atoms with Gasteiger partial charge in [0.25, 0.3) is 0 Å². The Morgan fingerprint density at radius 1 is 1.20 bits per heavy atom. The van der Waals surface area contributed by atoms with Gasteiger partial charge in [-0.05, 0) is 24.3 Å². The number of imidazole rings is 1. The minimum Gasteiger partial charge on any atom is -0.395 e. The molecule has 1 N–H and O–H groups in total. The van der Waals surface area contributed by atoms with Gasteiger partial charge in [0.1, 0.15) is 11.3 Å². The second kappa shape index (κ2) is 4.97. The van der Waals surface area contributed by atoms with Crippen molar-refractivity contribution < 1.29 is 13.9 Å². The van der Waals surface area contributed by atoms with Gasteiger partial charge < -0.3 is 9.67 Å². The molecule has 0 aliphatic rings. The van der Waals surface area contributed by atoms with Crippen molar-refractivity contribution in [2.24, 2.45) is 0 Å². The number of aliphatic hydroxyl groups excluding tert-OH is 1. The van der Waals surface area contributed by atoms with Crippen LogP contribution in [0.25, 0.3) is 22.4 Å². The highest BCUT2D eigenvalue weighted by Crippen LogP contribution is 2.27. The molecule has 2 aromatic heterocycles. The summed E-state index contributed by atoms with van der Waals surface area (Å²) in [6.07, 6.45) is 3.20. The fourth-order valence-corrected chi connectivity index (χ4v) is 2.19. The third kappa shape index (κ3) is 1.94. The number of benzene rings is 1. The van der Waals surface area contributed by atoms with Crippen LogP contribution in [0.5, 0.6) is 0 Å². The fraction of sp³-hybridized carbons (Fsp3) is 0.143. The van der Waals surface area contributed by atoms with Gasteiger partial charge in [0, 0.05) is 24.5 Å². The second-order valence-corrected chi connectivity index (χ2v) is 4.28. The van der Waals surface area contributed by atoms with Crippen LogP contribution in [0.3, 0.4) is 0 Å². The van der Waals surface area contributed by atoms with Gasteiger partial charge in [-0.25, -0.2) is 13.8 Å². The van der Waals surface area contributed by atoms with Crippen molar-refractivity contribution in [3.8, 4) is 11.4 Å². The number of halogens is 2. The average molecular weight is 275 g/mol. The largest absolute Gasteiger partial charge is 0.395 e. The lowest BCUT2D eigenvalue weighted by Crippen LogP contribution is -2.05. The van der Waals surface area contributed by atoms with Crippen LogP contribution in [0, 0.1) is 11.6 Å². The molecule has 0 atom stereocenters. The summed E-state index contributed by atoms with van der Waals surface area (Å²) in [5.74, 6) is -1.44. The normalized spacial score (nSPS) is 11.2. The maximum Gasteiger partial charge on any atom is 0.184 e. The zero-order valence-electron chi connectivity index (χ0n) is 10.4. The predicted molar refractivity (Wildman–Crippen MR) is 70.0 cm³/mol. The molecule has 3 aromatic rings. The standard InChI is InChI=1S/C14H11F2N3O/c15-10-3-4-11-13(12(10)16)19(6-7-20)14(18-11)9-2-1-5-17-8-9/h1-5,8,20H,6-7H2. The molecule has 0 radical (unpaired) electrons. The van der Waals surface area contributed by atoms with Crippen molar-refractivity contribution in [3.63, 3.8) is 0 Å². The molecule has 0 aliphatic heterocycles. The Labute approximate surface area is 113 Å². The van der Waals surface area contributed by atoms with Crippen LogP contribution in [0.2, 0.25) is 0 Å². The molecule has 0 amide bonds. The van der Waals surface area contributed by atoms with Gasteiger partial charge in [-0.15, -0.1) is 0 Å². The molecule has 20 heavy (non-hydrogen) atoms. The topological polar surface area (TPSA) is 50.9 Å². The maximum atomic E-state index is 14.0. The molecule has 3 rings (SSSR count). The van der Waals surface area contributed by atoms with Crippen LogP contribution in [0.1, 0.15) is 0 Å². The highest BCUT2D eigenvalue weighted by molar-refractivity contribution is 5.81. The number of fused-ring (bicyclic) bond motifs is 1. The van der Waals surface area contributed by atoms with Crippen molar-refractivity contribution in [1.82, 2.24) is 14.5 Å². The SMILES string of the molecule is OCCn1c(-c2cccnc2)nc2ccc(F)c(F)c21. The van der Waals surface area contributed by atoms with Gasteiger partial charge >= 0.3 is 0 Å². The van der Waals surface area contributed by atoms with Crippen LogP contribution < -0.4 is 0 Å². The fourth-order valence-electron chi connectivity index (χ4n) is 2.19. The molecule has 0 saturated carbocycles. The zero-order chi connectivity index (χ0) is 14.1. The van der Waals surface area contributed by atoms with Crippen LogP contribution in [-0.4, -0.2) is 26.2 Å². The Bertz CT molecular complexity index is 756. The summed E-state index contributed by atoms with van der Waals surface area (Å²) in [6, 6.07) is 5.97. The van der Waals surface area contributed by atoms with Gasteiger partial charge in [-0.1, -0.05) is 0 Å². The van der Waals surface area contributed by atoms with Gasteiger partial charge in [-0.3, -0.25) is 4.98 Å². The Morgan fingerprint density at radius 2 is 2.05 bits per heavy atom. The first kappa shape index (κ1) is 12.7. The first-order valence-electron chi connectivity index (χ1n) is 6.08. The van der Waals surface area contributed by atoms with Crippen molar-refractivity contribution in [3.05, 3.63) is 48.3 Å². The summed E-state index contributed by atoms with van der Waals surface area (Å²) in [5.41, 5.74) is 1.08. The highest BCUT2D eigenvalue weighted by Gasteiger charge is 2.18. The van der Waals surface area contributed by atoms with E-state index in [4.69, 9.17) is 5.11 Å². The van der Waals surface area contributed by atoms with Crippen molar-refractivity contribution >= 4 is 11.0 Å². The number of pyridine rings is 1. The molecule has 1 aromatic carbocycles. The van der Waals surface area contributed by atoms with Gasteiger partial charge in [-0.2, -0.15) is 0 Å². The molecule has 0 spiro atoms. The summed E-state index contributed by atoms with van der Waals surface area (Å²) in [4.78, 5) is 8.30. The van der Waals surface area contributed by atoms with E-state index in [-0.39, 0.29) is 18.7 Å². The van der Waals surface area contributed by atoms with Gasteiger partial charge in [0.05, 0.1) is 12.1 Å². The summed E-state index contributed by atoms with van der Waals surface area (Å²) in [6.45, 7) is -0.0736. The molecule has 4 nitrogen and oxygen atoms in total. The van der Waals surface area contributed by atoms with Crippen LogP contribution in [0.4, 0.5) is 8.78 Å². The van der Waals surface area contributed by atoms with Crippen molar-refractivity contribution in [2.75, 3.05) is 6.61 Å². The number of aliphatic hydroxyl groups is 1. The second-order valence-electron chi connectivity index (χ2n) is 4.28. The van der Waals surface area contributed by atoms with Crippen molar-refractivity contribution in [2.45, 2.75) is 6.54 Å². The summed E-state index contributed by atoms with van der Waals surface area (Å²) in [5, 5.41) is 9.15. The predicted octanol–water partition coefficient (Wildman–Crippen LogP) is 2.37. The number of nitrogens with zero attached hydrogens (tertiary/aromatic N) is 3. The van der Waals surface area contributed by atoms with Crippen LogP contribution >= 0.6 is 0 Å². The quantitative estimate of drug-likeness (QED) is 0.798. The van der Waals surface area contributed by atoms with E-state index in [9.17, 15) is 8.78 Å². The van der Waals surface area contributed by atoms with E-state index >= 15 is 0 Å². The number of aromatic nitrogens is 3. The van der Waals surface area contributed by atoms with E-state index in [0.717, 1.165) is 6.07 Å². The molecule has 0 unspecified atom stereocenters. The minimum absolute atomic E-state index is 0.0536. The van der Waals surface area contributed by atoms with E-state index in [1.807, 2.05) is 0 Å². The Kier molecular flexibility index (Phi) is 3.15. The van der Waals surface area contributed by atoms with Gasteiger partial charge in [0.2, 0.25) is 0 Å². The summed E-state index contributed by atoms with van der Waals surface area (Å²) >= 11 is 0. The molecule has 0 fully saturated rings. The molecule has 102 valence electrons. The van der Waals surface area contributed by atoms with E-state index in [0.29, 0.717) is 16.9 Å². The smallest absolute Gasteiger partial charge is 0.184 e. The lowest BCUT2D eigenvalue weighted by Gasteiger charge is -2.07. The van der Waals surface area contributed by atoms with E-state index in [2.05, 4.69) is 9.97 Å². The molecule has 0 aliphatic carbocycles. The average Bonchev–Trinajstić information content (AvgIpc) is 2.84. The van der Waals surface area contributed by atoms with Crippen LogP contribution in [-0.2, 0) is 6.54 Å². The zero-order valence-corrected chi connectivity index (χ0v) is 10.4.